The van der Waals surface area contributed by atoms with Gasteiger partial charge in [0.15, 0.2) is 26.8 Å². The predicted octanol–water partition coefficient (Wildman–Crippen LogP) is 17.0. The number of hydrogen-bond acceptors (Lipinski definition) is 12. The van der Waals surface area contributed by atoms with Crippen LogP contribution >= 0.6 is 0 Å². The number of alkyl halides is 15. The Morgan fingerprint density at radius 2 is 0.920 bits per heavy atom. The molecule has 0 fully saturated rings. The minimum absolute atomic E-state index is 0.0231. The number of carbonyl (C=O) groups is 2. The van der Waals surface area contributed by atoms with Gasteiger partial charge in [0, 0.05) is 28.7 Å². The number of aliphatic hydroxyl groups is 1. The summed E-state index contributed by atoms with van der Waals surface area (Å²) < 4.78 is 223. The normalized spacial score (nSPS) is 14.5. The van der Waals surface area contributed by atoms with Crippen LogP contribution in [0.25, 0.3) is 5.57 Å². The van der Waals surface area contributed by atoms with Crippen molar-refractivity contribution in [3.63, 3.8) is 0 Å². The molecule has 6 aromatic carbocycles. The number of para-hydroxylation sites is 6. The van der Waals surface area contributed by atoms with Crippen LogP contribution in [0.3, 0.4) is 0 Å². The fourth-order valence-corrected chi connectivity index (χ4v) is 8.33. The molecule has 0 spiro atoms. The van der Waals surface area contributed by atoms with Gasteiger partial charge in [0.1, 0.15) is 34.5 Å². The molecule has 1 heterocycles. The van der Waals surface area contributed by atoms with Gasteiger partial charge in [-0.25, -0.2) is 0 Å². The highest BCUT2D eigenvalue weighted by Crippen LogP contribution is 2.50. The maximum atomic E-state index is 13.2. The number of benzene rings is 6. The minimum Gasteiger partial charge on any atom is -0.496 e. The summed E-state index contributed by atoms with van der Waals surface area (Å²) in [7, 11) is 5.69. The van der Waals surface area contributed by atoms with E-state index in [0.717, 1.165) is 12.4 Å². The quantitative estimate of drug-likeness (QED) is 0.0484. The molecular weight excluding hydrogens is 1210 g/mol. The van der Waals surface area contributed by atoms with Crippen LogP contribution in [-0.4, -0.2) is 106 Å². The maximum absolute atomic E-state index is 13.2. The second-order valence-electron chi connectivity index (χ2n) is 18.4. The summed E-state index contributed by atoms with van der Waals surface area (Å²) in [4.78, 5) is 21.1. The Kier molecular flexibility index (Phi) is 28.6. The van der Waals surface area contributed by atoms with E-state index in [0.29, 0.717) is 11.3 Å². The molecule has 0 aromatic heterocycles. The lowest BCUT2D eigenvalue weighted by molar-refractivity contribution is -0.207. The van der Waals surface area contributed by atoms with Gasteiger partial charge in [-0.05, 0) is 68.2 Å². The SMILES string of the molecule is C=C(c1ccccc1OC)C(F)(F)F.COc1ccccc1C(=O)C(F)(F)F.COc1ccccc1C(O)C(F)(F)F.COc1ccccc1C(O[Si](C)(C)C)C(F)(F)F.COc1ccccc1C1(C(F)(F)F)CCN=N1.COc1ccccc1C=O. The zero-order valence-corrected chi connectivity index (χ0v) is 48.9. The predicted molar refractivity (Wildman–Crippen MR) is 295 cm³/mol. The van der Waals surface area contributed by atoms with Crippen LogP contribution in [0.4, 0.5) is 65.9 Å². The molecule has 0 bridgehead atoms. The molecule has 0 amide bonds. The fraction of sp³-hybridized carbons (Fsp3) is 0.322. The second-order valence-corrected chi connectivity index (χ2v) is 22.9. The fourth-order valence-electron chi connectivity index (χ4n) is 7.37. The molecule has 0 radical (unpaired) electrons. The summed E-state index contributed by atoms with van der Waals surface area (Å²) >= 11 is 0. The van der Waals surface area contributed by atoms with Crippen molar-refractivity contribution in [1.82, 2.24) is 0 Å². The lowest BCUT2D eigenvalue weighted by Crippen LogP contribution is -2.39. The van der Waals surface area contributed by atoms with Crippen LogP contribution in [-0.2, 0) is 9.96 Å². The number of halogens is 15. The number of methoxy groups -OCH3 is 6. The van der Waals surface area contributed by atoms with Crippen molar-refractivity contribution in [2.45, 2.75) is 74.7 Å². The van der Waals surface area contributed by atoms with Crippen LogP contribution < -0.4 is 28.4 Å². The van der Waals surface area contributed by atoms with Gasteiger partial charge in [-0.15, -0.1) is 0 Å². The number of rotatable bonds is 14. The van der Waals surface area contributed by atoms with Crippen molar-refractivity contribution in [3.8, 4) is 34.5 Å². The lowest BCUT2D eigenvalue weighted by Gasteiger charge is -2.29. The number of allylic oxidation sites excluding steroid dienone is 1. The average Bonchev–Trinajstić information content (AvgIpc) is 1.79. The number of ether oxygens (including phenoxy) is 6. The number of azo groups is 1. The van der Waals surface area contributed by atoms with Crippen LogP contribution in [0, 0.1) is 0 Å². The molecule has 0 aliphatic carbocycles. The standard InChI is InChI=1S/C12H17F3O2Si.C11H11F3N2O.C10H9F3O.C9H9F3O2.C9H7F3O2.C8H8O2/c1-16-10-8-6-5-7-9(10)11(12(13,14)15)17-18(2,3)4;1-17-9-5-3-2-4-8(9)10(11(12,13)14)6-7-15-16-10;1-7(10(11,12)13)8-5-3-4-6-9(8)14-2;2*1-14-7-5-3-2-4-6(7)8(13)9(10,11)12;1-10-8-5-3-2-4-7(8)6-9/h5-8,11H,1-4H3;2-5H,6-7H2,1H3;3-6H,1H2,2H3;2-5,8,13H,1H3;2-5H,1H3;2-6H,1H3. The monoisotopic (exact) mass is 1270 g/mol. The third-order valence-corrected chi connectivity index (χ3v) is 12.4. The molecule has 0 saturated carbocycles. The number of aliphatic hydroxyl groups excluding tert-OH is 1. The van der Waals surface area contributed by atoms with Crippen LogP contribution in [0.5, 0.6) is 34.5 Å². The van der Waals surface area contributed by atoms with Crippen molar-refractivity contribution >= 4 is 26.0 Å². The number of nitrogens with zero attached hydrogens (tertiary/aromatic N) is 2. The first-order chi connectivity index (χ1) is 40.4. The molecule has 12 nitrogen and oxygen atoms in total. The highest BCUT2D eigenvalue weighted by molar-refractivity contribution is 6.69. The Morgan fingerprint density at radius 3 is 1.31 bits per heavy atom. The molecule has 3 atom stereocenters. The first kappa shape index (κ1) is 75.0. The maximum Gasteiger partial charge on any atom is 0.455 e. The molecule has 7 rings (SSSR count). The van der Waals surface area contributed by atoms with Gasteiger partial charge in [0.25, 0.3) is 5.78 Å². The first-order valence-electron chi connectivity index (χ1n) is 25.0. The highest BCUT2D eigenvalue weighted by atomic mass is 28.4. The smallest absolute Gasteiger partial charge is 0.455 e. The Morgan fingerprint density at radius 1 is 0.529 bits per heavy atom. The molecule has 1 N–H and O–H groups in total. The van der Waals surface area contributed by atoms with E-state index < -0.39 is 73.9 Å². The Bertz CT molecular complexity index is 3080. The van der Waals surface area contributed by atoms with Gasteiger partial charge in [-0.2, -0.15) is 76.1 Å². The highest BCUT2D eigenvalue weighted by Gasteiger charge is 2.59. The number of hydrogen-bond donors (Lipinski definition) is 1. The lowest BCUT2D eigenvalue weighted by atomic mass is 9.87. The minimum atomic E-state index is -4.87. The Hall–Kier alpha value is -8.11. The van der Waals surface area contributed by atoms with E-state index in [1.807, 2.05) is 6.07 Å². The molecule has 0 saturated heterocycles. The topological polar surface area (TPSA) is 144 Å². The zero-order chi connectivity index (χ0) is 66.2. The van der Waals surface area contributed by atoms with E-state index in [1.165, 1.54) is 120 Å². The number of carbonyl (C=O) groups excluding carboxylic acids is 2. The number of Topliss-reactive ketones (excluding diaryl/α,β-unsaturated/α-hetero) is 1. The largest absolute Gasteiger partial charge is 0.496 e. The summed E-state index contributed by atoms with van der Waals surface area (Å²) in [5.41, 5.74) is -3.28. The van der Waals surface area contributed by atoms with Crippen LogP contribution in [0.2, 0.25) is 19.6 Å². The van der Waals surface area contributed by atoms with E-state index in [9.17, 15) is 75.4 Å². The molecule has 476 valence electrons. The molecular formula is C59H61F15N2O10Si. The molecule has 28 heteroatoms. The summed E-state index contributed by atoms with van der Waals surface area (Å²) in [5.74, 6) is -0.766. The van der Waals surface area contributed by atoms with Gasteiger partial charge in [-0.3, -0.25) is 9.59 Å². The van der Waals surface area contributed by atoms with E-state index in [1.54, 1.807) is 75.3 Å². The average molecular weight is 1270 g/mol. The molecule has 87 heavy (non-hydrogen) atoms. The molecule has 1 aliphatic heterocycles. The Balaban J connectivity index is 0.000000359. The van der Waals surface area contributed by atoms with Gasteiger partial charge >= 0.3 is 30.9 Å². The van der Waals surface area contributed by atoms with Crippen molar-refractivity contribution in [2.24, 2.45) is 10.2 Å². The van der Waals surface area contributed by atoms with Gasteiger partial charge in [0.05, 0.1) is 65.9 Å². The summed E-state index contributed by atoms with van der Waals surface area (Å²) in [6, 6.07) is 35.8. The van der Waals surface area contributed by atoms with Crippen molar-refractivity contribution in [1.29, 1.82) is 0 Å². The van der Waals surface area contributed by atoms with Crippen molar-refractivity contribution in [3.05, 3.63) is 186 Å². The Labute approximate surface area is 492 Å². The third-order valence-electron chi connectivity index (χ3n) is 11.4. The third kappa shape index (κ3) is 22.6. The molecule has 6 aromatic rings. The van der Waals surface area contributed by atoms with Gasteiger partial charge in [0.2, 0.25) is 5.54 Å². The number of ketones is 1. The zero-order valence-electron chi connectivity index (χ0n) is 47.9. The van der Waals surface area contributed by atoms with E-state index >= 15 is 0 Å². The second kappa shape index (κ2) is 33.1. The van der Waals surface area contributed by atoms with E-state index in [4.69, 9.17) is 33.2 Å². The molecule has 3 unspecified atom stereocenters. The van der Waals surface area contributed by atoms with Crippen LogP contribution in [0.1, 0.15) is 61.6 Å². The van der Waals surface area contributed by atoms with E-state index in [2.05, 4.69) is 21.5 Å². The van der Waals surface area contributed by atoms with Gasteiger partial charge < -0.3 is 38.0 Å². The summed E-state index contributed by atoms with van der Waals surface area (Å²) in [6.45, 7) is 8.25. The molecule has 1 aliphatic rings. The number of aldehydes is 1. The van der Waals surface area contributed by atoms with Crippen molar-refractivity contribution in [2.75, 3.05) is 49.2 Å². The van der Waals surface area contributed by atoms with Gasteiger partial charge in [-0.1, -0.05) is 104 Å². The first-order valence-corrected chi connectivity index (χ1v) is 28.4. The summed E-state index contributed by atoms with van der Waals surface area (Å²) in [5, 5.41) is 15.9. The van der Waals surface area contributed by atoms with Crippen LogP contribution in [0.15, 0.2) is 162 Å². The summed E-state index contributed by atoms with van der Waals surface area (Å²) in [6.07, 6.45) is -26.7. The van der Waals surface area contributed by atoms with E-state index in [-0.39, 0.29) is 64.0 Å². The van der Waals surface area contributed by atoms with Crippen molar-refractivity contribution < 1.29 is 113 Å².